The average molecular weight is 292 g/mol. The van der Waals surface area contributed by atoms with Gasteiger partial charge in [-0.25, -0.2) is 4.98 Å². The van der Waals surface area contributed by atoms with Crippen molar-refractivity contribution in [2.75, 3.05) is 13.1 Å². The molecule has 0 aliphatic carbocycles. The molecule has 1 saturated heterocycles. The van der Waals surface area contributed by atoms with Gasteiger partial charge in [0.25, 0.3) is 0 Å². The summed E-state index contributed by atoms with van der Waals surface area (Å²) in [5, 5.41) is 2.87. The van der Waals surface area contributed by atoms with E-state index in [0.29, 0.717) is 19.5 Å². The molecule has 0 bridgehead atoms. The lowest BCUT2D eigenvalue weighted by Crippen LogP contribution is -2.48. The van der Waals surface area contributed by atoms with Crippen molar-refractivity contribution < 1.29 is 9.59 Å². The summed E-state index contributed by atoms with van der Waals surface area (Å²) in [5.74, 6) is 0.197. The van der Waals surface area contributed by atoms with Gasteiger partial charge in [0, 0.05) is 38.4 Å². The second kappa shape index (κ2) is 7.24. The molecule has 2 heterocycles. The second-order valence-corrected chi connectivity index (χ2v) is 5.66. The third kappa shape index (κ3) is 4.06. The molecule has 2 rings (SSSR count). The van der Waals surface area contributed by atoms with Gasteiger partial charge in [-0.1, -0.05) is 20.3 Å². The highest BCUT2D eigenvalue weighted by molar-refractivity contribution is 5.90. The topological polar surface area (TPSA) is 67.2 Å². The van der Waals surface area contributed by atoms with Crippen molar-refractivity contribution in [3.63, 3.8) is 0 Å². The van der Waals surface area contributed by atoms with Gasteiger partial charge in [0.05, 0.1) is 6.33 Å². The predicted octanol–water partition coefficient (Wildman–Crippen LogP) is 1.04. The first-order valence-corrected chi connectivity index (χ1v) is 7.65. The molecule has 0 radical (unpaired) electrons. The van der Waals surface area contributed by atoms with E-state index in [1.165, 1.54) is 0 Å². The molecule has 1 fully saturated rings. The molecule has 1 aromatic rings. The highest BCUT2D eigenvalue weighted by atomic mass is 16.2. The van der Waals surface area contributed by atoms with Gasteiger partial charge in [0.2, 0.25) is 11.8 Å². The van der Waals surface area contributed by atoms with Crippen molar-refractivity contribution in [3.8, 4) is 0 Å². The Labute approximate surface area is 125 Å². The number of rotatable bonds is 6. The summed E-state index contributed by atoms with van der Waals surface area (Å²) in [4.78, 5) is 30.2. The van der Waals surface area contributed by atoms with Crippen molar-refractivity contribution in [1.82, 2.24) is 19.8 Å². The predicted molar refractivity (Wildman–Crippen MR) is 79.4 cm³/mol. The second-order valence-electron chi connectivity index (χ2n) is 5.66. The van der Waals surface area contributed by atoms with Gasteiger partial charge in [0.15, 0.2) is 0 Å². The van der Waals surface area contributed by atoms with Gasteiger partial charge in [-0.15, -0.1) is 0 Å². The maximum absolute atomic E-state index is 12.6. The van der Waals surface area contributed by atoms with E-state index in [0.717, 1.165) is 19.4 Å². The van der Waals surface area contributed by atoms with Crippen LogP contribution in [-0.4, -0.2) is 45.4 Å². The normalized spacial score (nSPS) is 21.0. The number of hydrogen-bond acceptors (Lipinski definition) is 3. The fourth-order valence-corrected chi connectivity index (χ4v) is 2.56. The summed E-state index contributed by atoms with van der Waals surface area (Å²) < 4.78 is 2.00. The van der Waals surface area contributed by atoms with E-state index in [9.17, 15) is 9.59 Å². The van der Waals surface area contributed by atoms with E-state index >= 15 is 0 Å². The number of aryl methyl sites for hydroxylation is 1. The quantitative estimate of drug-likeness (QED) is 0.852. The van der Waals surface area contributed by atoms with Crippen LogP contribution in [0.5, 0.6) is 0 Å². The molecule has 1 N–H and O–H groups in total. The molecule has 1 aliphatic rings. The van der Waals surface area contributed by atoms with Crippen LogP contribution in [0, 0.1) is 5.92 Å². The highest BCUT2D eigenvalue weighted by Gasteiger charge is 2.32. The molecule has 6 heteroatoms. The molecule has 1 aromatic heterocycles. The van der Waals surface area contributed by atoms with Crippen LogP contribution in [-0.2, 0) is 16.1 Å². The molecular formula is C15H24N4O2. The van der Waals surface area contributed by atoms with Crippen LogP contribution >= 0.6 is 0 Å². The van der Waals surface area contributed by atoms with Gasteiger partial charge in [-0.3, -0.25) is 9.59 Å². The Morgan fingerprint density at radius 2 is 2.24 bits per heavy atom. The van der Waals surface area contributed by atoms with Crippen molar-refractivity contribution in [3.05, 3.63) is 18.7 Å². The van der Waals surface area contributed by atoms with Gasteiger partial charge < -0.3 is 14.8 Å². The molecule has 2 atom stereocenters. The van der Waals surface area contributed by atoms with Crippen molar-refractivity contribution >= 4 is 11.8 Å². The lowest BCUT2D eigenvalue weighted by molar-refractivity contribution is -0.135. The largest absolute Gasteiger partial charge is 0.344 e. The lowest BCUT2D eigenvalue weighted by atomic mass is 9.98. The van der Waals surface area contributed by atoms with Crippen molar-refractivity contribution in [2.24, 2.45) is 5.92 Å². The van der Waals surface area contributed by atoms with E-state index in [2.05, 4.69) is 10.3 Å². The number of imidazole rings is 1. The number of amides is 2. The summed E-state index contributed by atoms with van der Waals surface area (Å²) in [6.45, 7) is 6.08. The molecule has 21 heavy (non-hydrogen) atoms. The SMILES string of the molecule is CCC(C)C1NC(=O)CCN(CCCn2ccnc2)C1=O. The first-order chi connectivity index (χ1) is 10.1. The monoisotopic (exact) mass is 292 g/mol. The van der Waals surface area contributed by atoms with Gasteiger partial charge in [0.1, 0.15) is 6.04 Å². The number of aromatic nitrogens is 2. The third-order valence-electron chi connectivity index (χ3n) is 4.12. The molecule has 2 amide bonds. The van der Waals surface area contributed by atoms with Crippen LogP contribution in [0.25, 0.3) is 0 Å². The van der Waals surface area contributed by atoms with E-state index in [4.69, 9.17) is 0 Å². The summed E-state index contributed by atoms with van der Waals surface area (Å²) in [6.07, 6.45) is 7.57. The van der Waals surface area contributed by atoms with E-state index in [-0.39, 0.29) is 23.8 Å². The van der Waals surface area contributed by atoms with Gasteiger partial charge in [-0.2, -0.15) is 0 Å². The molecule has 0 aromatic carbocycles. The molecule has 116 valence electrons. The summed E-state index contributed by atoms with van der Waals surface area (Å²) >= 11 is 0. The molecule has 0 saturated carbocycles. The zero-order chi connectivity index (χ0) is 15.2. The Morgan fingerprint density at radius 3 is 2.90 bits per heavy atom. The number of nitrogens with one attached hydrogen (secondary N) is 1. The zero-order valence-electron chi connectivity index (χ0n) is 12.8. The summed E-state index contributed by atoms with van der Waals surface area (Å²) in [5.41, 5.74) is 0. The Hall–Kier alpha value is -1.85. The average Bonchev–Trinajstić information content (AvgIpc) is 2.95. The number of carbonyl (C=O) groups excluding carboxylic acids is 2. The van der Waals surface area contributed by atoms with Crippen molar-refractivity contribution in [1.29, 1.82) is 0 Å². The highest BCUT2D eigenvalue weighted by Crippen LogP contribution is 2.14. The van der Waals surface area contributed by atoms with Crippen LogP contribution in [0.2, 0.25) is 0 Å². The zero-order valence-corrected chi connectivity index (χ0v) is 12.8. The first-order valence-electron chi connectivity index (χ1n) is 7.65. The van der Waals surface area contributed by atoms with Crippen LogP contribution < -0.4 is 5.32 Å². The standard InChI is InChI=1S/C15H24N4O2/c1-3-12(2)14-15(21)19(9-5-13(20)17-14)8-4-7-18-10-6-16-11-18/h6,10-12,14H,3-5,7-9H2,1-2H3,(H,17,20). The van der Waals surface area contributed by atoms with E-state index in [1.807, 2.05) is 29.5 Å². The Morgan fingerprint density at radius 1 is 1.43 bits per heavy atom. The number of hydrogen-bond donors (Lipinski definition) is 1. The summed E-state index contributed by atoms with van der Waals surface area (Å²) in [7, 11) is 0. The van der Waals surface area contributed by atoms with E-state index in [1.54, 1.807) is 12.5 Å². The fraction of sp³-hybridized carbons (Fsp3) is 0.667. The first kappa shape index (κ1) is 15.5. The molecular weight excluding hydrogens is 268 g/mol. The van der Waals surface area contributed by atoms with Crippen LogP contribution in [0.1, 0.15) is 33.1 Å². The van der Waals surface area contributed by atoms with Crippen LogP contribution in [0.4, 0.5) is 0 Å². The number of nitrogens with zero attached hydrogens (tertiary/aromatic N) is 3. The molecule has 0 spiro atoms. The van der Waals surface area contributed by atoms with Gasteiger partial charge >= 0.3 is 0 Å². The van der Waals surface area contributed by atoms with E-state index < -0.39 is 0 Å². The fourth-order valence-electron chi connectivity index (χ4n) is 2.56. The maximum Gasteiger partial charge on any atom is 0.245 e. The Kier molecular flexibility index (Phi) is 5.36. The minimum absolute atomic E-state index is 0.0224. The van der Waals surface area contributed by atoms with Gasteiger partial charge in [-0.05, 0) is 12.3 Å². The Bertz CT molecular complexity index is 472. The minimum atomic E-state index is -0.377. The molecule has 2 unspecified atom stereocenters. The maximum atomic E-state index is 12.6. The molecule has 1 aliphatic heterocycles. The smallest absolute Gasteiger partial charge is 0.245 e. The number of carbonyl (C=O) groups is 2. The Balaban J connectivity index is 1.93. The lowest BCUT2D eigenvalue weighted by Gasteiger charge is -2.27. The van der Waals surface area contributed by atoms with Crippen LogP contribution in [0.15, 0.2) is 18.7 Å². The minimum Gasteiger partial charge on any atom is -0.344 e. The molecule has 6 nitrogen and oxygen atoms in total. The van der Waals surface area contributed by atoms with Crippen LogP contribution in [0.3, 0.4) is 0 Å². The summed E-state index contributed by atoms with van der Waals surface area (Å²) in [6, 6.07) is -0.377. The van der Waals surface area contributed by atoms with Crippen molar-refractivity contribution in [2.45, 2.75) is 45.7 Å². The third-order valence-corrected chi connectivity index (χ3v) is 4.12.